The predicted molar refractivity (Wildman–Crippen MR) is 125 cm³/mol. The largest absolute Gasteiger partial charge is 0.464 e. The molecule has 0 bridgehead atoms. The molecular weight excluding hydrogens is 389 g/mol. The molecule has 0 saturated carbocycles. The van der Waals surface area contributed by atoms with Gasteiger partial charge in [-0.1, -0.05) is 48.5 Å². The fraction of sp³-hybridized carbons (Fsp3) is 0.280. The number of rotatable bonds is 5. The second kappa shape index (κ2) is 7.04. The molecule has 5 rings (SSSR count). The first-order chi connectivity index (χ1) is 14.7. The van der Waals surface area contributed by atoms with Gasteiger partial charge in [-0.15, -0.1) is 0 Å². The van der Waals surface area contributed by atoms with Gasteiger partial charge in [0.1, 0.15) is 16.9 Å². The summed E-state index contributed by atoms with van der Waals surface area (Å²) in [5.41, 5.74) is 2.88. The lowest BCUT2D eigenvalue weighted by atomic mass is 9.82. The Balaban J connectivity index is 1.53. The molecule has 4 aromatic rings. The Kier molecular flexibility index (Phi) is 4.54. The molecule has 31 heavy (non-hydrogen) atoms. The first kappa shape index (κ1) is 20.0. The van der Waals surface area contributed by atoms with E-state index in [-0.39, 0.29) is 6.23 Å². The van der Waals surface area contributed by atoms with Crippen LogP contribution in [-0.4, -0.2) is 23.8 Å². The van der Waals surface area contributed by atoms with Crippen LogP contribution in [-0.2, 0) is 4.65 Å². The van der Waals surface area contributed by atoms with Crippen LogP contribution in [0.4, 0.5) is 5.69 Å². The maximum Gasteiger partial charge on any atom is 0.313 e. The zero-order chi connectivity index (χ0) is 21.8. The fourth-order valence-corrected chi connectivity index (χ4v) is 3.79. The highest BCUT2D eigenvalue weighted by atomic mass is 16.5. The van der Waals surface area contributed by atoms with Crippen molar-refractivity contribution in [3.05, 3.63) is 66.2 Å². The molecule has 0 aliphatic carbocycles. The van der Waals surface area contributed by atoms with Crippen LogP contribution in [0, 0.1) is 0 Å². The fourth-order valence-electron chi connectivity index (χ4n) is 3.79. The quantitative estimate of drug-likeness (QED) is 0.466. The highest BCUT2D eigenvalue weighted by Gasteiger charge is 2.36. The summed E-state index contributed by atoms with van der Waals surface area (Å²) in [4.78, 5) is 0. The van der Waals surface area contributed by atoms with Crippen LogP contribution >= 0.6 is 0 Å². The number of para-hydroxylation sites is 1. The summed E-state index contributed by atoms with van der Waals surface area (Å²) in [6.45, 7) is 7.30. The third kappa shape index (κ3) is 3.36. The Morgan fingerprint density at radius 3 is 2.48 bits per heavy atom. The van der Waals surface area contributed by atoms with E-state index in [1.807, 2.05) is 68.4 Å². The van der Waals surface area contributed by atoms with Crippen LogP contribution in [0.1, 0.15) is 39.5 Å². The van der Waals surface area contributed by atoms with Crippen LogP contribution in [0.5, 0.6) is 5.75 Å². The van der Waals surface area contributed by atoms with Crippen LogP contribution < -0.4 is 15.5 Å². The Morgan fingerprint density at radius 1 is 0.968 bits per heavy atom. The summed E-state index contributed by atoms with van der Waals surface area (Å²) >= 11 is 0. The second-order valence-electron chi connectivity index (χ2n) is 9.12. The van der Waals surface area contributed by atoms with Crippen LogP contribution in [0.15, 0.2) is 65.1 Å². The minimum atomic E-state index is -0.969. The minimum absolute atomic E-state index is 0.231. The third-order valence-electron chi connectivity index (χ3n) is 6.39. The molecule has 0 saturated heterocycles. The lowest BCUT2D eigenvalue weighted by Gasteiger charge is -2.37. The van der Waals surface area contributed by atoms with E-state index < -0.39 is 11.2 Å². The third-order valence-corrected chi connectivity index (χ3v) is 6.39. The molecule has 2 N–H and O–H groups in total. The summed E-state index contributed by atoms with van der Waals surface area (Å²) in [5.74, 6) is 0.814. The standard InChI is InChI=1S/C25H26BNO4/c1-24(2,28)25(3,4)31-26-17-12-8-11-16-20-18(29-22(16)17)13-14-19-21(20)27-23(30-19)15-9-6-5-7-10-15/h5-14,23,26-28H,1-4H3. The van der Waals surface area contributed by atoms with Crippen LogP contribution in [0.25, 0.3) is 21.9 Å². The molecule has 3 aromatic carbocycles. The van der Waals surface area contributed by atoms with Gasteiger partial charge in [0.05, 0.1) is 22.3 Å². The summed E-state index contributed by atoms with van der Waals surface area (Å²) in [6.07, 6.45) is -0.231. The Labute approximate surface area is 182 Å². The molecule has 0 amide bonds. The second-order valence-corrected chi connectivity index (χ2v) is 9.12. The lowest BCUT2D eigenvalue weighted by molar-refractivity contribution is -0.0893. The van der Waals surface area contributed by atoms with Crippen molar-refractivity contribution >= 4 is 40.6 Å². The van der Waals surface area contributed by atoms with Gasteiger partial charge in [0.25, 0.3) is 0 Å². The monoisotopic (exact) mass is 415 g/mol. The Morgan fingerprint density at radius 2 is 1.74 bits per heavy atom. The number of hydrogen-bond donors (Lipinski definition) is 2. The lowest BCUT2D eigenvalue weighted by Crippen LogP contribution is -2.49. The zero-order valence-corrected chi connectivity index (χ0v) is 18.2. The normalized spacial score (nSPS) is 16.2. The topological polar surface area (TPSA) is 63.9 Å². The average Bonchev–Trinajstić information content (AvgIpc) is 3.33. The van der Waals surface area contributed by atoms with E-state index in [0.29, 0.717) is 7.48 Å². The molecule has 1 aliphatic rings. The molecular formula is C25H26BNO4. The number of fused-ring (bicyclic) bond motifs is 5. The van der Waals surface area contributed by atoms with E-state index in [1.165, 1.54) is 0 Å². The number of anilines is 1. The molecule has 0 spiro atoms. The molecule has 1 aliphatic heterocycles. The Bertz CT molecular complexity index is 1260. The van der Waals surface area contributed by atoms with Crippen molar-refractivity contribution in [3.63, 3.8) is 0 Å². The Hall–Kier alpha value is -2.96. The maximum atomic E-state index is 10.4. The van der Waals surface area contributed by atoms with Gasteiger partial charge in [0.2, 0.25) is 0 Å². The summed E-state index contributed by atoms with van der Waals surface area (Å²) in [6, 6.07) is 20.1. The number of ether oxygens (including phenoxy) is 1. The molecule has 2 heterocycles. The minimum Gasteiger partial charge on any atom is -0.464 e. The van der Waals surface area contributed by atoms with Crippen molar-refractivity contribution in [2.75, 3.05) is 5.32 Å². The van der Waals surface area contributed by atoms with Gasteiger partial charge in [-0.2, -0.15) is 0 Å². The van der Waals surface area contributed by atoms with Gasteiger partial charge in [-0.3, -0.25) is 0 Å². The van der Waals surface area contributed by atoms with E-state index in [9.17, 15) is 5.11 Å². The van der Waals surface area contributed by atoms with E-state index in [1.54, 1.807) is 13.8 Å². The van der Waals surface area contributed by atoms with Crippen molar-refractivity contribution < 1.29 is 18.9 Å². The van der Waals surface area contributed by atoms with Gasteiger partial charge in [0.15, 0.2) is 6.23 Å². The van der Waals surface area contributed by atoms with E-state index in [2.05, 4.69) is 11.4 Å². The van der Waals surface area contributed by atoms with E-state index in [0.717, 1.165) is 44.4 Å². The van der Waals surface area contributed by atoms with Gasteiger partial charge in [0, 0.05) is 10.9 Å². The molecule has 158 valence electrons. The highest BCUT2D eigenvalue weighted by Crippen LogP contribution is 2.45. The number of nitrogens with one attached hydrogen (secondary N) is 1. The molecule has 5 nitrogen and oxygen atoms in total. The summed E-state index contributed by atoms with van der Waals surface area (Å²) in [5, 5.41) is 15.9. The van der Waals surface area contributed by atoms with Crippen molar-refractivity contribution in [3.8, 4) is 5.75 Å². The van der Waals surface area contributed by atoms with Gasteiger partial charge < -0.3 is 24.2 Å². The molecule has 0 fully saturated rings. The van der Waals surface area contributed by atoms with Gasteiger partial charge in [-0.25, -0.2) is 0 Å². The van der Waals surface area contributed by atoms with Crippen molar-refractivity contribution in [2.24, 2.45) is 0 Å². The highest BCUT2D eigenvalue weighted by molar-refractivity contribution is 6.51. The predicted octanol–water partition coefficient (Wildman–Crippen LogP) is 4.63. The number of benzene rings is 3. The first-order valence-corrected chi connectivity index (χ1v) is 10.6. The molecule has 1 atom stereocenters. The molecule has 1 aromatic heterocycles. The smallest absolute Gasteiger partial charge is 0.313 e. The summed E-state index contributed by atoms with van der Waals surface area (Å²) in [7, 11) is 0.340. The summed E-state index contributed by atoms with van der Waals surface area (Å²) < 4.78 is 18.5. The van der Waals surface area contributed by atoms with Gasteiger partial charge >= 0.3 is 7.48 Å². The number of hydrogen-bond acceptors (Lipinski definition) is 5. The van der Waals surface area contributed by atoms with E-state index >= 15 is 0 Å². The van der Waals surface area contributed by atoms with Crippen LogP contribution in [0.3, 0.4) is 0 Å². The average molecular weight is 415 g/mol. The van der Waals surface area contributed by atoms with Gasteiger partial charge in [-0.05, 0) is 45.3 Å². The van der Waals surface area contributed by atoms with Crippen LogP contribution in [0.2, 0.25) is 0 Å². The molecule has 6 heteroatoms. The van der Waals surface area contributed by atoms with Crippen molar-refractivity contribution in [2.45, 2.75) is 45.1 Å². The van der Waals surface area contributed by atoms with Crippen molar-refractivity contribution in [1.29, 1.82) is 0 Å². The SMILES string of the molecule is CC(C)(O)C(C)(C)OBc1cccc2c1oc1ccc3c(c12)NC(c1ccccc1)O3. The molecule has 1 unspecified atom stereocenters. The van der Waals surface area contributed by atoms with Crippen molar-refractivity contribution in [1.82, 2.24) is 0 Å². The number of aliphatic hydroxyl groups is 1. The van der Waals surface area contributed by atoms with E-state index in [4.69, 9.17) is 13.8 Å². The number of furan rings is 1. The first-order valence-electron chi connectivity index (χ1n) is 10.6. The maximum absolute atomic E-state index is 10.4. The molecule has 0 radical (unpaired) electrons. The zero-order valence-electron chi connectivity index (χ0n) is 18.2.